The van der Waals surface area contributed by atoms with Crippen molar-refractivity contribution in [2.24, 2.45) is 0 Å². The molecule has 3 nitrogen and oxygen atoms in total. The first-order valence-electron chi connectivity index (χ1n) is 6.10. The summed E-state index contributed by atoms with van der Waals surface area (Å²) in [4.78, 5) is 9.35. The van der Waals surface area contributed by atoms with Crippen molar-refractivity contribution < 1.29 is 0 Å². The predicted octanol–water partition coefficient (Wildman–Crippen LogP) is 2.00. The Balaban J connectivity index is 2.03. The largest absolute Gasteiger partial charge is 0.354 e. The molecule has 1 aliphatic rings. The van der Waals surface area contributed by atoms with Crippen molar-refractivity contribution in [3.05, 3.63) is 24.4 Å². The Kier molecular flexibility index (Phi) is 3.44. The van der Waals surface area contributed by atoms with Gasteiger partial charge in [0.2, 0.25) is 0 Å². The minimum Gasteiger partial charge on any atom is -0.354 e. The number of hydrogen-bond donors (Lipinski definition) is 0. The highest BCUT2D eigenvalue weighted by Gasteiger charge is 2.25. The van der Waals surface area contributed by atoms with Gasteiger partial charge in [-0.3, -0.25) is 4.90 Å². The van der Waals surface area contributed by atoms with E-state index in [1.165, 1.54) is 0 Å². The van der Waals surface area contributed by atoms with Gasteiger partial charge in [0, 0.05) is 37.9 Å². The molecule has 1 aromatic heterocycles. The molecule has 1 saturated heterocycles. The van der Waals surface area contributed by atoms with Crippen molar-refractivity contribution in [3.8, 4) is 0 Å². The van der Waals surface area contributed by atoms with Crippen molar-refractivity contribution in [1.29, 1.82) is 0 Å². The lowest BCUT2D eigenvalue weighted by atomic mass is 10.1. The monoisotopic (exact) mass is 219 g/mol. The molecule has 0 saturated carbocycles. The Morgan fingerprint density at radius 1 is 1.31 bits per heavy atom. The molecule has 0 amide bonds. The van der Waals surface area contributed by atoms with Gasteiger partial charge < -0.3 is 4.90 Å². The molecule has 1 aromatic rings. The van der Waals surface area contributed by atoms with Crippen molar-refractivity contribution in [3.63, 3.8) is 0 Å². The smallest absolute Gasteiger partial charge is 0.128 e. The van der Waals surface area contributed by atoms with E-state index >= 15 is 0 Å². The second kappa shape index (κ2) is 4.83. The van der Waals surface area contributed by atoms with E-state index in [2.05, 4.69) is 47.7 Å². The molecule has 1 fully saturated rings. The number of nitrogens with zero attached hydrogens (tertiary/aromatic N) is 3. The Morgan fingerprint density at radius 3 is 2.69 bits per heavy atom. The number of piperazine rings is 1. The normalized spacial score (nSPS) is 22.8. The Hall–Kier alpha value is -1.09. The first-order chi connectivity index (χ1) is 7.68. The zero-order valence-electron chi connectivity index (χ0n) is 10.4. The van der Waals surface area contributed by atoms with Crippen molar-refractivity contribution >= 4 is 5.82 Å². The second-order valence-corrected chi connectivity index (χ2v) is 4.81. The van der Waals surface area contributed by atoms with Crippen LogP contribution in [0.15, 0.2) is 24.4 Å². The van der Waals surface area contributed by atoms with E-state index < -0.39 is 0 Å². The minimum absolute atomic E-state index is 0.607. The van der Waals surface area contributed by atoms with Crippen LogP contribution in [0.2, 0.25) is 0 Å². The molecule has 0 spiro atoms. The van der Waals surface area contributed by atoms with Crippen molar-refractivity contribution in [2.45, 2.75) is 32.9 Å². The minimum atomic E-state index is 0.607. The van der Waals surface area contributed by atoms with Gasteiger partial charge in [-0.1, -0.05) is 6.07 Å². The molecule has 16 heavy (non-hydrogen) atoms. The lowest BCUT2D eigenvalue weighted by Crippen LogP contribution is -2.54. The third-order valence-corrected chi connectivity index (χ3v) is 3.32. The molecular weight excluding hydrogens is 198 g/mol. The number of anilines is 1. The summed E-state index contributed by atoms with van der Waals surface area (Å²) >= 11 is 0. The van der Waals surface area contributed by atoms with Crippen LogP contribution < -0.4 is 4.90 Å². The lowest BCUT2D eigenvalue weighted by Gasteiger charge is -2.42. The van der Waals surface area contributed by atoms with Gasteiger partial charge in [-0.05, 0) is 32.9 Å². The zero-order valence-corrected chi connectivity index (χ0v) is 10.4. The molecule has 1 aliphatic heterocycles. The van der Waals surface area contributed by atoms with Gasteiger partial charge in [-0.15, -0.1) is 0 Å². The summed E-state index contributed by atoms with van der Waals surface area (Å²) in [6.45, 7) is 10.1. The van der Waals surface area contributed by atoms with E-state index in [9.17, 15) is 0 Å². The van der Waals surface area contributed by atoms with Crippen molar-refractivity contribution in [1.82, 2.24) is 9.88 Å². The van der Waals surface area contributed by atoms with Crippen LogP contribution in [0, 0.1) is 0 Å². The van der Waals surface area contributed by atoms with Crippen molar-refractivity contribution in [2.75, 3.05) is 24.5 Å². The number of hydrogen-bond acceptors (Lipinski definition) is 3. The molecule has 0 aromatic carbocycles. The molecule has 2 heterocycles. The second-order valence-electron chi connectivity index (χ2n) is 4.81. The third kappa shape index (κ3) is 2.35. The maximum atomic E-state index is 4.41. The average Bonchev–Trinajstić information content (AvgIpc) is 2.29. The van der Waals surface area contributed by atoms with Gasteiger partial charge >= 0.3 is 0 Å². The quantitative estimate of drug-likeness (QED) is 0.758. The molecule has 0 radical (unpaired) electrons. The summed E-state index contributed by atoms with van der Waals surface area (Å²) < 4.78 is 0. The Morgan fingerprint density at radius 2 is 2.12 bits per heavy atom. The highest BCUT2D eigenvalue weighted by Crippen LogP contribution is 2.17. The maximum absolute atomic E-state index is 4.41. The number of rotatable bonds is 2. The average molecular weight is 219 g/mol. The van der Waals surface area contributed by atoms with Crippen LogP contribution in [0.1, 0.15) is 20.8 Å². The van der Waals surface area contributed by atoms with Crippen LogP contribution in [-0.2, 0) is 0 Å². The van der Waals surface area contributed by atoms with Gasteiger partial charge in [0.15, 0.2) is 0 Å². The first-order valence-corrected chi connectivity index (χ1v) is 6.10. The van der Waals surface area contributed by atoms with Gasteiger partial charge in [0.25, 0.3) is 0 Å². The fraction of sp³-hybridized carbons (Fsp3) is 0.615. The number of pyridine rings is 1. The van der Waals surface area contributed by atoms with E-state index in [4.69, 9.17) is 0 Å². The van der Waals surface area contributed by atoms with Gasteiger partial charge in [-0.2, -0.15) is 0 Å². The van der Waals surface area contributed by atoms with E-state index in [1.807, 2.05) is 12.3 Å². The Bertz CT molecular complexity index is 323. The summed E-state index contributed by atoms with van der Waals surface area (Å²) in [7, 11) is 0. The standard InChI is InChI=1S/C13H21N3/c1-11(2)16-9-8-15(10-12(16)3)13-6-4-5-7-14-13/h4-7,11-12H,8-10H2,1-3H3/t12-/m1/s1. The van der Waals surface area contributed by atoms with E-state index in [1.54, 1.807) is 0 Å². The molecule has 0 bridgehead atoms. The highest BCUT2D eigenvalue weighted by molar-refractivity contribution is 5.38. The Labute approximate surface area is 98.1 Å². The van der Waals surface area contributed by atoms with Gasteiger partial charge in [0.1, 0.15) is 5.82 Å². The highest BCUT2D eigenvalue weighted by atomic mass is 15.3. The van der Waals surface area contributed by atoms with Gasteiger partial charge in [0.05, 0.1) is 0 Å². The SMILES string of the molecule is CC(C)N1CCN(c2ccccn2)C[C@H]1C. The van der Waals surface area contributed by atoms with E-state index in [-0.39, 0.29) is 0 Å². The van der Waals surface area contributed by atoms with Crippen LogP contribution in [0.4, 0.5) is 5.82 Å². The summed E-state index contributed by atoms with van der Waals surface area (Å²) in [5.41, 5.74) is 0. The van der Waals surface area contributed by atoms with E-state index in [0.717, 1.165) is 25.5 Å². The summed E-state index contributed by atoms with van der Waals surface area (Å²) in [6, 6.07) is 7.37. The molecule has 0 unspecified atom stereocenters. The predicted molar refractivity (Wildman–Crippen MR) is 67.8 cm³/mol. The zero-order chi connectivity index (χ0) is 11.5. The molecule has 2 rings (SSSR count). The first kappa shape index (κ1) is 11.4. The van der Waals surface area contributed by atoms with Crippen LogP contribution in [0.25, 0.3) is 0 Å². The topological polar surface area (TPSA) is 19.4 Å². The number of aromatic nitrogens is 1. The molecule has 1 atom stereocenters. The van der Waals surface area contributed by atoms with Crippen LogP contribution in [0.3, 0.4) is 0 Å². The third-order valence-electron chi connectivity index (χ3n) is 3.32. The molecular formula is C13H21N3. The molecule has 0 aliphatic carbocycles. The summed E-state index contributed by atoms with van der Waals surface area (Å²) in [5.74, 6) is 1.11. The van der Waals surface area contributed by atoms with Gasteiger partial charge in [-0.25, -0.2) is 4.98 Å². The van der Waals surface area contributed by atoms with E-state index in [0.29, 0.717) is 12.1 Å². The maximum Gasteiger partial charge on any atom is 0.128 e. The molecule has 88 valence electrons. The fourth-order valence-corrected chi connectivity index (χ4v) is 2.49. The fourth-order valence-electron chi connectivity index (χ4n) is 2.49. The van der Waals surface area contributed by atoms with Crippen LogP contribution in [0.5, 0.6) is 0 Å². The lowest BCUT2D eigenvalue weighted by molar-refractivity contribution is 0.148. The van der Waals surface area contributed by atoms with Crippen LogP contribution >= 0.6 is 0 Å². The summed E-state index contributed by atoms with van der Waals surface area (Å²) in [6.07, 6.45) is 1.87. The molecule has 0 N–H and O–H groups in total. The van der Waals surface area contributed by atoms with Crippen LogP contribution in [-0.4, -0.2) is 41.6 Å². The summed E-state index contributed by atoms with van der Waals surface area (Å²) in [5, 5.41) is 0. The molecule has 3 heteroatoms.